The van der Waals surface area contributed by atoms with Crippen molar-refractivity contribution >= 4 is 5.78 Å². The van der Waals surface area contributed by atoms with E-state index in [-0.39, 0.29) is 18.3 Å². The second kappa shape index (κ2) is 2.91. The number of rotatable bonds is 2. The minimum atomic E-state index is -0.625. The van der Waals surface area contributed by atoms with E-state index in [1.165, 1.54) is 0 Å². The van der Waals surface area contributed by atoms with Gasteiger partial charge in [0.15, 0.2) is 5.78 Å². The molecule has 64 valence electrons. The lowest BCUT2D eigenvalue weighted by Crippen LogP contribution is -2.30. The predicted molar refractivity (Wildman–Crippen MR) is 40.2 cm³/mol. The lowest BCUT2D eigenvalue weighted by atomic mass is 9.94. The molecule has 0 aromatic carbocycles. The highest BCUT2D eigenvalue weighted by molar-refractivity contribution is 5.90. The Labute approximate surface area is 66.4 Å². The Morgan fingerprint density at radius 2 is 2.36 bits per heavy atom. The maximum atomic E-state index is 11.4. The van der Waals surface area contributed by atoms with Crippen molar-refractivity contribution in [2.24, 2.45) is 5.92 Å². The summed E-state index contributed by atoms with van der Waals surface area (Å²) in [6.45, 7) is 4.07. The number of aliphatic hydroxyl groups is 1. The van der Waals surface area contributed by atoms with E-state index in [1.54, 1.807) is 13.8 Å². The van der Waals surface area contributed by atoms with Gasteiger partial charge in [-0.05, 0) is 20.3 Å². The molecule has 1 rings (SSSR count). The molecule has 1 heterocycles. The number of ketones is 1. The van der Waals surface area contributed by atoms with Crippen molar-refractivity contribution < 1.29 is 14.6 Å². The molecule has 0 bridgehead atoms. The Balaban J connectivity index is 2.56. The van der Waals surface area contributed by atoms with E-state index < -0.39 is 5.60 Å². The molecule has 11 heavy (non-hydrogen) atoms. The van der Waals surface area contributed by atoms with Gasteiger partial charge in [0.05, 0.1) is 6.61 Å². The first-order valence-corrected chi connectivity index (χ1v) is 3.87. The summed E-state index contributed by atoms with van der Waals surface area (Å²) in [5.74, 6) is 0.0292. The maximum absolute atomic E-state index is 11.4. The number of Topliss-reactive ketones (excluding diaryl/α,β-unsaturated/α-hetero) is 1. The summed E-state index contributed by atoms with van der Waals surface area (Å²) in [5.41, 5.74) is -0.625. The van der Waals surface area contributed by atoms with Gasteiger partial charge in [0.25, 0.3) is 0 Å². The van der Waals surface area contributed by atoms with Crippen LogP contribution in [0, 0.1) is 5.92 Å². The van der Waals surface area contributed by atoms with Crippen LogP contribution in [0.5, 0.6) is 0 Å². The molecule has 1 N–H and O–H groups in total. The summed E-state index contributed by atoms with van der Waals surface area (Å²) in [6, 6.07) is 0. The van der Waals surface area contributed by atoms with Gasteiger partial charge in [-0.1, -0.05) is 0 Å². The van der Waals surface area contributed by atoms with Crippen LogP contribution < -0.4 is 0 Å². The summed E-state index contributed by atoms with van der Waals surface area (Å²) < 4.78 is 5.26. The molecule has 1 saturated heterocycles. The molecule has 0 amide bonds. The van der Waals surface area contributed by atoms with Crippen LogP contribution in [0.25, 0.3) is 0 Å². The molecule has 1 aliphatic heterocycles. The fourth-order valence-corrected chi connectivity index (χ4v) is 1.32. The Morgan fingerprint density at radius 1 is 1.73 bits per heavy atom. The van der Waals surface area contributed by atoms with Gasteiger partial charge in [-0.15, -0.1) is 0 Å². The highest BCUT2D eigenvalue weighted by Crippen LogP contribution is 2.26. The molecular weight excluding hydrogens is 144 g/mol. The molecule has 1 fully saturated rings. The van der Waals surface area contributed by atoms with E-state index in [9.17, 15) is 4.79 Å². The van der Waals surface area contributed by atoms with Crippen molar-refractivity contribution in [3.63, 3.8) is 0 Å². The Hall–Kier alpha value is -0.410. The molecule has 3 heteroatoms. The number of carbonyl (C=O) groups excluding carboxylic acids is 1. The van der Waals surface area contributed by atoms with E-state index in [4.69, 9.17) is 9.84 Å². The molecule has 3 nitrogen and oxygen atoms in total. The number of carbonyl (C=O) groups is 1. The van der Waals surface area contributed by atoms with Crippen LogP contribution in [0.4, 0.5) is 0 Å². The van der Waals surface area contributed by atoms with E-state index in [1.807, 2.05) is 0 Å². The van der Waals surface area contributed by atoms with Crippen molar-refractivity contribution in [1.29, 1.82) is 0 Å². The number of hydrogen-bond acceptors (Lipinski definition) is 3. The van der Waals surface area contributed by atoms with Crippen LogP contribution >= 0.6 is 0 Å². The maximum Gasteiger partial charge on any atom is 0.169 e. The first-order chi connectivity index (χ1) is 5.08. The smallest absolute Gasteiger partial charge is 0.169 e. The van der Waals surface area contributed by atoms with E-state index in [2.05, 4.69) is 0 Å². The average molecular weight is 158 g/mol. The lowest BCUT2D eigenvalue weighted by Gasteiger charge is -2.13. The third kappa shape index (κ3) is 1.60. The minimum Gasteiger partial charge on any atom is -0.396 e. The molecule has 0 aromatic heterocycles. The van der Waals surface area contributed by atoms with Crippen LogP contribution in [0.2, 0.25) is 0 Å². The first kappa shape index (κ1) is 8.68. The van der Waals surface area contributed by atoms with Crippen LogP contribution in [0.3, 0.4) is 0 Å². The van der Waals surface area contributed by atoms with Gasteiger partial charge in [0.1, 0.15) is 5.60 Å². The number of aliphatic hydroxyl groups excluding tert-OH is 1. The average Bonchev–Trinajstić information content (AvgIpc) is 2.17. The van der Waals surface area contributed by atoms with Crippen molar-refractivity contribution in [2.75, 3.05) is 13.2 Å². The zero-order valence-corrected chi connectivity index (χ0v) is 6.96. The Kier molecular flexibility index (Phi) is 2.30. The van der Waals surface area contributed by atoms with Gasteiger partial charge < -0.3 is 9.84 Å². The van der Waals surface area contributed by atoms with Crippen LogP contribution in [-0.4, -0.2) is 29.7 Å². The number of ether oxygens (including phenoxy) is 1. The topological polar surface area (TPSA) is 46.5 Å². The molecule has 0 aliphatic carbocycles. The Morgan fingerprint density at radius 3 is 2.73 bits per heavy atom. The monoisotopic (exact) mass is 158 g/mol. The second-order valence-corrected chi connectivity index (χ2v) is 3.39. The highest BCUT2D eigenvalue weighted by atomic mass is 16.5. The SMILES string of the molecule is CC1(C)OCC(CCO)C1=O. The highest BCUT2D eigenvalue weighted by Gasteiger charge is 2.40. The van der Waals surface area contributed by atoms with Gasteiger partial charge in [-0.2, -0.15) is 0 Å². The molecule has 1 atom stereocenters. The van der Waals surface area contributed by atoms with Gasteiger partial charge in [0.2, 0.25) is 0 Å². The van der Waals surface area contributed by atoms with Crippen molar-refractivity contribution in [3.8, 4) is 0 Å². The quantitative estimate of drug-likeness (QED) is 0.631. The third-order valence-electron chi connectivity index (χ3n) is 2.09. The van der Waals surface area contributed by atoms with Gasteiger partial charge in [-0.25, -0.2) is 0 Å². The third-order valence-corrected chi connectivity index (χ3v) is 2.09. The minimum absolute atomic E-state index is 0.0653. The zero-order chi connectivity index (χ0) is 8.48. The molecule has 1 unspecified atom stereocenters. The summed E-state index contributed by atoms with van der Waals surface area (Å²) in [6.07, 6.45) is 0.530. The fourth-order valence-electron chi connectivity index (χ4n) is 1.32. The normalized spacial score (nSPS) is 29.4. The van der Waals surface area contributed by atoms with Gasteiger partial charge >= 0.3 is 0 Å². The van der Waals surface area contributed by atoms with E-state index >= 15 is 0 Å². The summed E-state index contributed by atoms with van der Waals surface area (Å²) >= 11 is 0. The molecule has 0 spiro atoms. The summed E-state index contributed by atoms with van der Waals surface area (Å²) in [7, 11) is 0. The molecular formula is C8H14O3. The Bertz CT molecular complexity index is 163. The van der Waals surface area contributed by atoms with Crippen molar-refractivity contribution in [2.45, 2.75) is 25.9 Å². The summed E-state index contributed by atoms with van der Waals surface area (Å²) in [4.78, 5) is 11.4. The van der Waals surface area contributed by atoms with Crippen LogP contribution in [0.15, 0.2) is 0 Å². The van der Waals surface area contributed by atoms with Gasteiger partial charge in [0, 0.05) is 12.5 Å². The molecule has 0 saturated carbocycles. The van der Waals surface area contributed by atoms with Crippen LogP contribution in [-0.2, 0) is 9.53 Å². The summed E-state index contributed by atoms with van der Waals surface area (Å²) in [5, 5.41) is 8.61. The lowest BCUT2D eigenvalue weighted by molar-refractivity contribution is -0.130. The van der Waals surface area contributed by atoms with Gasteiger partial charge in [-0.3, -0.25) is 4.79 Å². The predicted octanol–water partition coefficient (Wildman–Crippen LogP) is 0.363. The number of hydrogen-bond donors (Lipinski definition) is 1. The zero-order valence-electron chi connectivity index (χ0n) is 6.96. The van der Waals surface area contributed by atoms with E-state index in [0.29, 0.717) is 13.0 Å². The second-order valence-electron chi connectivity index (χ2n) is 3.39. The molecule has 0 radical (unpaired) electrons. The molecule has 0 aromatic rings. The van der Waals surface area contributed by atoms with Crippen molar-refractivity contribution in [3.05, 3.63) is 0 Å². The first-order valence-electron chi connectivity index (χ1n) is 3.87. The van der Waals surface area contributed by atoms with Crippen LogP contribution in [0.1, 0.15) is 20.3 Å². The standard InChI is InChI=1S/C8H14O3/c1-8(2)7(10)6(3-4-9)5-11-8/h6,9H,3-5H2,1-2H3. The fraction of sp³-hybridized carbons (Fsp3) is 0.875. The largest absolute Gasteiger partial charge is 0.396 e. The molecule has 1 aliphatic rings. The van der Waals surface area contributed by atoms with Crippen molar-refractivity contribution in [1.82, 2.24) is 0 Å². The van der Waals surface area contributed by atoms with E-state index in [0.717, 1.165) is 0 Å².